The average Bonchev–Trinajstić information content (AvgIpc) is 2.86. The van der Waals surface area contributed by atoms with Gasteiger partial charge in [0, 0.05) is 31.6 Å². The second kappa shape index (κ2) is 6.02. The second-order valence-electron chi connectivity index (χ2n) is 5.80. The van der Waals surface area contributed by atoms with E-state index in [1.807, 2.05) is 0 Å². The molecular weight excluding hydrogens is 226 g/mol. The topological polar surface area (TPSA) is 49.6 Å². The minimum Gasteiger partial charge on any atom is -0.340 e. The van der Waals surface area contributed by atoms with Crippen LogP contribution in [0.1, 0.15) is 33.1 Å². The monoisotopic (exact) mass is 253 g/mol. The Labute approximate surface area is 110 Å². The van der Waals surface area contributed by atoms with Gasteiger partial charge in [0.05, 0.1) is 0 Å². The zero-order valence-corrected chi connectivity index (χ0v) is 11.8. The number of hydrogen-bond acceptors (Lipinski definition) is 3. The minimum absolute atomic E-state index is 0.204. The zero-order valence-electron chi connectivity index (χ0n) is 11.8. The van der Waals surface area contributed by atoms with Crippen molar-refractivity contribution in [3.8, 4) is 0 Å². The summed E-state index contributed by atoms with van der Waals surface area (Å²) in [6.45, 7) is 8.96. The lowest BCUT2D eigenvalue weighted by atomic mass is 9.94. The zero-order chi connectivity index (χ0) is 13.1. The van der Waals surface area contributed by atoms with Crippen LogP contribution in [0.4, 0.5) is 0 Å². The van der Waals surface area contributed by atoms with E-state index in [1.54, 1.807) is 0 Å². The molecule has 104 valence electrons. The Morgan fingerprint density at radius 3 is 2.72 bits per heavy atom. The first-order chi connectivity index (χ1) is 8.67. The normalized spacial score (nSPS) is 33.9. The van der Waals surface area contributed by atoms with Crippen LogP contribution >= 0.6 is 0 Å². The van der Waals surface area contributed by atoms with E-state index in [1.165, 1.54) is 6.42 Å². The molecule has 2 aliphatic rings. The van der Waals surface area contributed by atoms with Gasteiger partial charge in [0.25, 0.3) is 0 Å². The lowest BCUT2D eigenvalue weighted by Crippen LogP contribution is -2.55. The molecule has 1 heterocycles. The molecular formula is C14H27N3O. The number of hydrogen-bond donors (Lipinski definition) is 1. The van der Waals surface area contributed by atoms with Gasteiger partial charge in [0.1, 0.15) is 0 Å². The van der Waals surface area contributed by atoms with Gasteiger partial charge in [-0.05, 0) is 38.8 Å². The summed E-state index contributed by atoms with van der Waals surface area (Å²) < 4.78 is 0. The van der Waals surface area contributed by atoms with Gasteiger partial charge in [0.2, 0.25) is 5.91 Å². The van der Waals surface area contributed by atoms with Crippen LogP contribution < -0.4 is 5.73 Å². The molecule has 1 aliphatic carbocycles. The number of carbonyl (C=O) groups is 1. The summed E-state index contributed by atoms with van der Waals surface area (Å²) in [6, 6.07) is 0.491. The summed E-state index contributed by atoms with van der Waals surface area (Å²) in [5.74, 6) is 0.998. The van der Waals surface area contributed by atoms with Crippen LogP contribution in [-0.2, 0) is 4.79 Å². The van der Waals surface area contributed by atoms with E-state index in [0.29, 0.717) is 24.4 Å². The van der Waals surface area contributed by atoms with Gasteiger partial charge in [0.15, 0.2) is 0 Å². The summed E-state index contributed by atoms with van der Waals surface area (Å²) in [7, 11) is 0. The molecule has 0 aromatic carbocycles. The number of amides is 1. The van der Waals surface area contributed by atoms with Crippen LogP contribution in [0.2, 0.25) is 0 Å². The highest BCUT2D eigenvalue weighted by molar-refractivity contribution is 5.79. The predicted octanol–water partition coefficient (Wildman–Crippen LogP) is 0.914. The fourth-order valence-corrected chi connectivity index (χ4v) is 3.54. The van der Waals surface area contributed by atoms with E-state index in [2.05, 4.69) is 23.6 Å². The van der Waals surface area contributed by atoms with E-state index >= 15 is 0 Å². The Hall–Kier alpha value is -0.610. The molecule has 1 saturated carbocycles. The van der Waals surface area contributed by atoms with Crippen LogP contribution in [0, 0.1) is 11.8 Å². The van der Waals surface area contributed by atoms with Crippen molar-refractivity contribution < 1.29 is 4.79 Å². The maximum absolute atomic E-state index is 12.6. The smallest absolute Gasteiger partial charge is 0.226 e. The van der Waals surface area contributed by atoms with Crippen LogP contribution in [0.25, 0.3) is 0 Å². The lowest BCUT2D eigenvalue weighted by molar-refractivity contribution is -0.139. The fraction of sp³-hybridized carbons (Fsp3) is 0.929. The van der Waals surface area contributed by atoms with Crippen molar-refractivity contribution >= 4 is 5.91 Å². The first-order valence-electron chi connectivity index (χ1n) is 7.40. The molecule has 2 rings (SSSR count). The van der Waals surface area contributed by atoms with Gasteiger partial charge in [-0.15, -0.1) is 0 Å². The third-order valence-electron chi connectivity index (χ3n) is 4.76. The SMILES string of the molecule is CCN1CCN(C(=O)C2CCCC2CN)CC1C. The van der Waals surface area contributed by atoms with Crippen LogP contribution in [0.3, 0.4) is 0 Å². The molecule has 2 fully saturated rings. The Balaban J connectivity index is 1.94. The number of carbonyl (C=O) groups excluding carboxylic acids is 1. The van der Waals surface area contributed by atoms with Crippen molar-refractivity contribution in [3.63, 3.8) is 0 Å². The van der Waals surface area contributed by atoms with Gasteiger partial charge < -0.3 is 10.6 Å². The molecule has 1 saturated heterocycles. The molecule has 0 spiro atoms. The van der Waals surface area contributed by atoms with Crippen molar-refractivity contribution in [1.29, 1.82) is 0 Å². The molecule has 1 aliphatic heterocycles. The number of nitrogens with zero attached hydrogens (tertiary/aromatic N) is 2. The van der Waals surface area contributed by atoms with Crippen LogP contribution in [0.15, 0.2) is 0 Å². The van der Waals surface area contributed by atoms with E-state index in [0.717, 1.165) is 39.0 Å². The van der Waals surface area contributed by atoms with Crippen molar-refractivity contribution in [2.75, 3.05) is 32.7 Å². The fourth-order valence-electron chi connectivity index (χ4n) is 3.54. The average molecular weight is 253 g/mol. The summed E-state index contributed by atoms with van der Waals surface area (Å²) in [5.41, 5.74) is 5.78. The van der Waals surface area contributed by atoms with E-state index in [9.17, 15) is 4.79 Å². The number of nitrogens with two attached hydrogens (primary N) is 1. The van der Waals surface area contributed by atoms with Gasteiger partial charge >= 0.3 is 0 Å². The molecule has 0 bridgehead atoms. The predicted molar refractivity (Wildman–Crippen MR) is 73.2 cm³/mol. The molecule has 3 atom stereocenters. The van der Waals surface area contributed by atoms with Crippen molar-refractivity contribution in [3.05, 3.63) is 0 Å². The number of likely N-dealkylation sites (N-methyl/N-ethyl adjacent to an activating group) is 1. The largest absolute Gasteiger partial charge is 0.340 e. The highest BCUT2D eigenvalue weighted by Gasteiger charge is 2.36. The van der Waals surface area contributed by atoms with Crippen LogP contribution in [0.5, 0.6) is 0 Å². The summed E-state index contributed by atoms with van der Waals surface area (Å²) >= 11 is 0. The molecule has 3 unspecified atom stereocenters. The van der Waals surface area contributed by atoms with Crippen molar-refractivity contribution in [1.82, 2.24) is 9.80 Å². The highest BCUT2D eigenvalue weighted by Crippen LogP contribution is 2.32. The highest BCUT2D eigenvalue weighted by atomic mass is 16.2. The Morgan fingerprint density at radius 2 is 2.11 bits per heavy atom. The standard InChI is InChI=1S/C14H27N3O/c1-3-16-7-8-17(10-11(16)2)14(18)13-6-4-5-12(13)9-15/h11-13H,3-10,15H2,1-2H3. The quantitative estimate of drug-likeness (QED) is 0.813. The van der Waals surface area contributed by atoms with Crippen molar-refractivity contribution in [2.24, 2.45) is 17.6 Å². The van der Waals surface area contributed by atoms with E-state index in [4.69, 9.17) is 5.73 Å². The van der Waals surface area contributed by atoms with Gasteiger partial charge in [-0.25, -0.2) is 0 Å². The molecule has 0 aromatic heterocycles. The molecule has 1 amide bonds. The summed E-state index contributed by atoms with van der Waals surface area (Å²) in [4.78, 5) is 17.1. The van der Waals surface area contributed by atoms with Crippen molar-refractivity contribution in [2.45, 2.75) is 39.2 Å². The molecule has 4 nitrogen and oxygen atoms in total. The molecule has 18 heavy (non-hydrogen) atoms. The Kier molecular flexibility index (Phi) is 4.62. The van der Waals surface area contributed by atoms with Gasteiger partial charge in [-0.1, -0.05) is 13.3 Å². The molecule has 0 aromatic rings. The van der Waals surface area contributed by atoms with Gasteiger partial charge in [-0.3, -0.25) is 9.69 Å². The summed E-state index contributed by atoms with van der Waals surface area (Å²) in [6.07, 6.45) is 3.35. The maximum Gasteiger partial charge on any atom is 0.226 e. The van der Waals surface area contributed by atoms with E-state index < -0.39 is 0 Å². The lowest BCUT2D eigenvalue weighted by Gasteiger charge is -2.40. The third kappa shape index (κ3) is 2.69. The second-order valence-corrected chi connectivity index (χ2v) is 5.80. The minimum atomic E-state index is 0.204. The molecule has 0 radical (unpaired) electrons. The number of piperazine rings is 1. The molecule has 4 heteroatoms. The summed E-state index contributed by atoms with van der Waals surface area (Å²) in [5, 5.41) is 0. The first-order valence-corrected chi connectivity index (χ1v) is 7.40. The number of rotatable bonds is 3. The maximum atomic E-state index is 12.6. The van der Waals surface area contributed by atoms with Crippen LogP contribution in [-0.4, -0.2) is 54.5 Å². The third-order valence-corrected chi connectivity index (χ3v) is 4.76. The van der Waals surface area contributed by atoms with Gasteiger partial charge in [-0.2, -0.15) is 0 Å². The Bertz CT molecular complexity index is 295. The Morgan fingerprint density at radius 1 is 1.33 bits per heavy atom. The van der Waals surface area contributed by atoms with E-state index in [-0.39, 0.29) is 5.92 Å². The first kappa shape index (κ1) is 13.8. The molecule has 2 N–H and O–H groups in total.